The highest BCUT2D eigenvalue weighted by Crippen LogP contribution is 2.15. The van der Waals surface area contributed by atoms with Gasteiger partial charge in [-0.2, -0.15) is 0 Å². The van der Waals surface area contributed by atoms with Crippen molar-refractivity contribution in [2.45, 2.75) is 32.6 Å². The van der Waals surface area contributed by atoms with Crippen LogP contribution in [0.25, 0.3) is 6.08 Å². The van der Waals surface area contributed by atoms with Crippen LogP contribution in [0, 0.1) is 5.92 Å². The van der Waals surface area contributed by atoms with Gasteiger partial charge in [-0.15, -0.1) is 0 Å². The largest absolute Gasteiger partial charge is 0.362 e. The van der Waals surface area contributed by atoms with Crippen molar-refractivity contribution in [3.63, 3.8) is 0 Å². The molecular weight excluding hydrogens is 262 g/mol. The zero-order chi connectivity index (χ0) is 14.9. The lowest BCUT2D eigenvalue weighted by Crippen LogP contribution is -2.34. The van der Waals surface area contributed by atoms with Gasteiger partial charge in [0.15, 0.2) is 0 Å². The highest BCUT2D eigenvalue weighted by atomic mass is 16.1. The van der Waals surface area contributed by atoms with E-state index in [0.29, 0.717) is 0 Å². The van der Waals surface area contributed by atoms with E-state index in [1.807, 2.05) is 18.3 Å². The zero-order valence-electron chi connectivity index (χ0n) is 13.0. The van der Waals surface area contributed by atoms with Gasteiger partial charge in [-0.1, -0.05) is 6.92 Å². The fourth-order valence-corrected chi connectivity index (χ4v) is 2.63. The third kappa shape index (κ3) is 6.17. The van der Waals surface area contributed by atoms with Crippen molar-refractivity contribution in [2.24, 2.45) is 5.92 Å². The Morgan fingerprint density at radius 1 is 1.43 bits per heavy atom. The number of piperidine rings is 1. The Balaban J connectivity index is 1.50. The van der Waals surface area contributed by atoms with E-state index in [-0.39, 0.29) is 5.91 Å². The Morgan fingerprint density at radius 3 is 2.95 bits per heavy atom. The van der Waals surface area contributed by atoms with Gasteiger partial charge in [0.05, 0.1) is 0 Å². The van der Waals surface area contributed by atoms with Gasteiger partial charge in [0, 0.05) is 24.5 Å². The molecule has 4 heteroatoms. The zero-order valence-corrected chi connectivity index (χ0v) is 13.0. The van der Waals surface area contributed by atoms with Crippen LogP contribution in [0.5, 0.6) is 0 Å². The second kappa shape index (κ2) is 8.67. The second-order valence-corrected chi connectivity index (χ2v) is 5.98. The SMILES string of the molecule is CC1CCN(CCCCNC(=O)C=Cc2ccc[nH]2)CC1. The Hall–Kier alpha value is -1.55. The minimum atomic E-state index is -0.0172. The highest BCUT2D eigenvalue weighted by molar-refractivity contribution is 5.91. The van der Waals surface area contributed by atoms with E-state index in [0.717, 1.165) is 31.0 Å². The van der Waals surface area contributed by atoms with Crippen LogP contribution in [0.15, 0.2) is 24.4 Å². The number of carbonyl (C=O) groups is 1. The fourth-order valence-electron chi connectivity index (χ4n) is 2.63. The smallest absolute Gasteiger partial charge is 0.244 e. The summed E-state index contributed by atoms with van der Waals surface area (Å²) in [4.78, 5) is 17.2. The van der Waals surface area contributed by atoms with Crippen molar-refractivity contribution in [2.75, 3.05) is 26.2 Å². The van der Waals surface area contributed by atoms with Gasteiger partial charge in [-0.3, -0.25) is 4.79 Å². The van der Waals surface area contributed by atoms with Crippen LogP contribution in [-0.2, 0) is 4.79 Å². The van der Waals surface area contributed by atoms with Crippen LogP contribution in [-0.4, -0.2) is 42.0 Å². The van der Waals surface area contributed by atoms with Crippen LogP contribution in [0.1, 0.15) is 38.3 Å². The van der Waals surface area contributed by atoms with E-state index >= 15 is 0 Å². The predicted molar refractivity (Wildman–Crippen MR) is 86.9 cm³/mol. The van der Waals surface area contributed by atoms with E-state index < -0.39 is 0 Å². The Labute approximate surface area is 127 Å². The summed E-state index contributed by atoms with van der Waals surface area (Å²) >= 11 is 0. The second-order valence-electron chi connectivity index (χ2n) is 5.98. The summed E-state index contributed by atoms with van der Waals surface area (Å²) in [6.45, 7) is 6.76. The molecular formula is C17H27N3O. The average molecular weight is 289 g/mol. The maximum Gasteiger partial charge on any atom is 0.244 e. The molecule has 116 valence electrons. The molecule has 1 fully saturated rings. The number of carbonyl (C=O) groups excluding carboxylic acids is 1. The number of nitrogens with zero attached hydrogens (tertiary/aromatic N) is 1. The summed E-state index contributed by atoms with van der Waals surface area (Å²) < 4.78 is 0. The molecule has 4 nitrogen and oxygen atoms in total. The maximum atomic E-state index is 11.6. The summed E-state index contributed by atoms with van der Waals surface area (Å²) in [6.07, 6.45) is 10.1. The van der Waals surface area contributed by atoms with Gasteiger partial charge in [-0.25, -0.2) is 0 Å². The Kier molecular flexibility index (Phi) is 6.54. The summed E-state index contributed by atoms with van der Waals surface area (Å²) in [5, 5.41) is 2.93. The number of amides is 1. The Bertz CT molecular complexity index is 431. The first-order valence-corrected chi connectivity index (χ1v) is 8.05. The van der Waals surface area contributed by atoms with Gasteiger partial charge >= 0.3 is 0 Å². The van der Waals surface area contributed by atoms with Crippen molar-refractivity contribution in [1.82, 2.24) is 15.2 Å². The first-order chi connectivity index (χ1) is 10.2. The van der Waals surface area contributed by atoms with Crippen LogP contribution < -0.4 is 5.32 Å². The minimum Gasteiger partial charge on any atom is -0.362 e. The number of hydrogen-bond acceptors (Lipinski definition) is 2. The molecule has 0 aromatic carbocycles. The molecule has 1 aliphatic rings. The van der Waals surface area contributed by atoms with E-state index in [4.69, 9.17) is 0 Å². The third-order valence-electron chi connectivity index (χ3n) is 4.11. The molecule has 1 aromatic heterocycles. The number of hydrogen-bond donors (Lipinski definition) is 2. The van der Waals surface area contributed by atoms with Crippen molar-refractivity contribution in [3.8, 4) is 0 Å². The molecule has 0 aliphatic carbocycles. The van der Waals surface area contributed by atoms with E-state index in [2.05, 4.69) is 22.1 Å². The number of nitrogens with one attached hydrogen (secondary N) is 2. The molecule has 2 N–H and O–H groups in total. The highest BCUT2D eigenvalue weighted by Gasteiger charge is 2.14. The number of H-pyrrole nitrogens is 1. The molecule has 0 radical (unpaired) electrons. The van der Waals surface area contributed by atoms with E-state index in [9.17, 15) is 4.79 Å². The number of aromatic amines is 1. The number of unbranched alkanes of at least 4 members (excludes halogenated alkanes) is 1. The molecule has 2 heterocycles. The summed E-state index contributed by atoms with van der Waals surface area (Å²) in [5.41, 5.74) is 0.949. The summed E-state index contributed by atoms with van der Waals surface area (Å²) in [5.74, 6) is 0.878. The summed E-state index contributed by atoms with van der Waals surface area (Å²) in [7, 11) is 0. The third-order valence-corrected chi connectivity index (χ3v) is 4.11. The lowest BCUT2D eigenvalue weighted by molar-refractivity contribution is -0.116. The van der Waals surface area contributed by atoms with Gasteiger partial charge in [0.2, 0.25) is 5.91 Å². The quantitative estimate of drug-likeness (QED) is 0.599. The molecule has 1 amide bonds. The Morgan fingerprint density at radius 2 is 2.24 bits per heavy atom. The van der Waals surface area contributed by atoms with Gasteiger partial charge < -0.3 is 15.2 Å². The minimum absolute atomic E-state index is 0.0172. The first-order valence-electron chi connectivity index (χ1n) is 8.05. The summed E-state index contributed by atoms with van der Waals surface area (Å²) in [6, 6.07) is 3.85. The van der Waals surface area contributed by atoms with Crippen LogP contribution >= 0.6 is 0 Å². The monoisotopic (exact) mass is 289 g/mol. The normalized spacial score (nSPS) is 17.4. The fraction of sp³-hybridized carbons (Fsp3) is 0.588. The molecule has 0 unspecified atom stereocenters. The maximum absolute atomic E-state index is 11.6. The lowest BCUT2D eigenvalue weighted by atomic mass is 9.99. The van der Waals surface area contributed by atoms with Crippen molar-refractivity contribution < 1.29 is 4.79 Å². The number of aromatic nitrogens is 1. The van der Waals surface area contributed by atoms with Crippen LogP contribution in [0.2, 0.25) is 0 Å². The van der Waals surface area contributed by atoms with Gasteiger partial charge in [-0.05, 0) is 69.4 Å². The van der Waals surface area contributed by atoms with Gasteiger partial charge in [0.1, 0.15) is 0 Å². The topological polar surface area (TPSA) is 48.1 Å². The molecule has 0 atom stereocenters. The predicted octanol–water partition coefficient (Wildman–Crippen LogP) is 2.66. The van der Waals surface area contributed by atoms with Crippen molar-refractivity contribution in [3.05, 3.63) is 30.1 Å². The molecule has 21 heavy (non-hydrogen) atoms. The molecule has 0 saturated carbocycles. The molecule has 1 aliphatic heterocycles. The number of likely N-dealkylation sites (tertiary alicyclic amines) is 1. The first kappa shape index (κ1) is 15.8. The molecule has 0 bridgehead atoms. The molecule has 1 aromatic rings. The lowest BCUT2D eigenvalue weighted by Gasteiger charge is -2.30. The number of rotatable bonds is 7. The van der Waals surface area contributed by atoms with Crippen LogP contribution in [0.4, 0.5) is 0 Å². The standard InChI is InChI=1S/C17H27N3O/c1-15-8-13-20(14-9-15)12-3-2-10-19-17(21)7-6-16-5-4-11-18-16/h4-7,11,15,18H,2-3,8-10,12-14H2,1H3,(H,19,21). The average Bonchev–Trinajstić information content (AvgIpc) is 3.00. The van der Waals surface area contributed by atoms with Gasteiger partial charge in [0.25, 0.3) is 0 Å². The van der Waals surface area contributed by atoms with Crippen molar-refractivity contribution >= 4 is 12.0 Å². The molecule has 1 saturated heterocycles. The molecule has 0 spiro atoms. The van der Waals surface area contributed by atoms with E-state index in [1.165, 1.54) is 32.5 Å². The van der Waals surface area contributed by atoms with Crippen LogP contribution in [0.3, 0.4) is 0 Å². The van der Waals surface area contributed by atoms with Crippen molar-refractivity contribution in [1.29, 1.82) is 0 Å². The van der Waals surface area contributed by atoms with E-state index in [1.54, 1.807) is 12.2 Å². The molecule has 2 rings (SSSR count).